The number of carboxylic acid groups (broad SMARTS) is 1. The van der Waals surface area contributed by atoms with Crippen LogP contribution < -0.4 is 11.2 Å². The van der Waals surface area contributed by atoms with Crippen molar-refractivity contribution in [3.05, 3.63) is 26.7 Å². The van der Waals surface area contributed by atoms with Gasteiger partial charge in [0.1, 0.15) is 12.2 Å². The molecule has 0 radical (unpaired) electrons. The third-order valence-corrected chi connectivity index (χ3v) is 3.21. The maximum atomic E-state index is 12.2. The smallest absolute Gasteiger partial charge is 0.332 e. The Morgan fingerprint density at radius 2 is 1.90 bits per heavy atom. The predicted molar refractivity (Wildman–Crippen MR) is 71.8 cm³/mol. The number of aromatic nitrogens is 4. The van der Waals surface area contributed by atoms with Crippen molar-refractivity contribution in [1.82, 2.24) is 18.7 Å². The Bertz CT molecular complexity index is 796. The van der Waals surface area contributed by atoms with Gasteiger partial charge in [0.2, 0.25) is 0 Å². The molecule has 0 saturated carbocycles. The van der Waals surface area contributed by atoms with Crippen LogP contribution in [0.15, 0.2) is 9.59 Å². The van der Waals surface area contributed by atoms with E-state index < -0.39 is 17.2 Å². The van der Waals surface area contributed by atoms with Gasteiger partial charge in [-0.15, -0.1) is 0 Å². The van der Waals surface area contributed by atoms with Gasteiger partial charge in [-0.2, -0.15) is 0 Å². The van der Waals surface area contributed by atoms with Crippen molar-refractivity contribution in [3.8, 4) is 0 Å². The molecule has 2 aromatic rings. The fraction of sp³-hybridized carbons (Fsp3) is 0.500. The number of aryl methyl sites for hydroxylation is 2. The summed E-state index contributed by atoms with van der Waals surface area (Å²) in [6.07, 6.45) is 0.409. The third-order valence-electron chi connectivity index (χ3n) is 3.21. The molecule has 0 saturated heterocycles. The summed E-state index contributed by atoms with van der Waals surface area (Å²) in [6, 6.07) is 0. The zero-order valence-corrected chi connectivity index (χ0v) is 11.6. The minimum atomic E-state index is -1.04. The monoisotopic (exact) mass is 280 g/mol. The first kappa shape index (κ1) is 14.0. The molecule has 2 heterocycles. The zero-order valence-electron chi connectivity index (χ0n) is 11.6. The Balaban J connectivity index is 2.89. The zero-order chi connectivity index (χ0) is 15.0. The van der Waals surface area contributed by atoms with E-state index >= 15 is 0 Å². The maximum Gasteiger partial charge on any atom is 0.332 e. The molecule has 0 spiro atoms. The lowest BCUT2D eigenvalue weighted by Gasteiger charge is -2.07. The summed E-state index contributed by atoms with van der Waals surface area (Å²) >= 11 is 0. The van der Waals surface area contributed by atoms with Crippen LogP contribution in [0.4, 0.5) is 0 Å². The van der Waals surface area contributed by atoms with E-state index in [4.69, 9.17) is 5.11 Å². The van der Waals surface area contributed by atoms with Crippen LogP contribution in [0, 0.1) is 0 Å². The number of carbonyl (C=O) groups is 1. The third kappa shape index (κ3) is 2.02. The summed E-state index contributed by atoms with van der Waals surface area (Å²) in [5.74, 6) is -0.787. The predicted octanol–water partition coefficient (Wildman–Crippen LogP) is -0.529. The summed E-state index contributed by atoms with van der Waals surface area (Å²) in [4.78, 5) is 39.3. The van der Waals surface area contributed by atoms with Crippen molar-refractivity contribution in [1.29, 1.82) is 0 Å². The minimum Gasteiger partial charge on any atom is -0.481 e. The van der Waals surface area contributed by atoms with Gasteiger partial charge in [-0.25, -0.2) is 9.78 Å². The van der Waals surface area contributed by atoms with Gasteiger partial charge in [0, 0.05) is 20.6 Å². The van der Waals surface area contributed by atoms with Crippen LogP contribution in [0.3, 0.4) is 0 Å². The molecule has 1 N–H and O–H groups in total. The maximum absolute atomic E-state index is 12.2. The van der Waals surface area contributed by atoms with E-state index in [0.29, 0.717) is 13.0 Å². The molecular weight excluding hydrogens is 264 g/mol. The Labute approximate surface area is 113 Å². The molecule has 0 aliphatic heterocycles. The fourth-order valence-electron chi connectivity index (χ4n) is 2.19. The molecule has 0 amide bonds. The molecule has 0 unspecified atom stereocenters. The number of aliphatic carboxylic acids is 1. The molecular formula is C12H16N4O4. The van der Waals surface area contributed by atoms with Crippen molar-refractivity contribution in [2.24, 2.45) is 14.1 Å². The van der Waals surface area contributed by atoms with E-state index in [1.165, 1.54) is 16.2 Å². The molecule has 8 heteroatoms. The highest BCUT2D eigenvalue weighted by molar-refractivity contribution is 5.74. The summed E-state index contributed by atoms with van der Waals surface area (Å²) in [5, 5.41) is 8.86. The standard InChI is InChI=1S/C12H16N4O4/c1-4-5-16-10-9(11(19)15(3)12(16)20)14(2)7(13-10)6-8(17)18/h4-6H2,1-3H3,(H,17,18). The largest absolute Gasteiger partial charge is 0.481 e. The molecule has 0 aromatic carbocycles. The second kappa shape index (κ2) is 4.95. The Morgan fingerprint density at radius 3 is 2.45 bits per heavy atom. The van der Waals surface area contributed by atoms with Crippen molar-refractivity contribution in [2.45, 2.75) is 26.3 Å². The lowest BCUT2D eigenvalue weighted by atomic mass is 10.4. The molecule has 108 valence electrons. The van der Waals surface area contributed by atoms with Gasteiger partial charge in [0.15, 0.2) is 11.2 Å². The van der Waals surface area contributed by atoms with Crippen LogP contribution in [0.25, 0.3) is 11.2 Å². The highest BCUT2D eigenvalue weighted by Gasteiger charge is 2.19. The van der Waals surface area contributed by atoms with E-state index in [1.807, 2.05) is 6.92 Å². The average molecular weight is 280 g/mol. The minimum absolute atomic E-state index is 0.247. The van der Waals surface area contributed by atoms with Crippen LogP contribution in [-0.4, -0.2) is 29.8 Å². The first-order valence-corrected chi connectivity index (χ1v) is 6.25. The van der Waals surface area contributed by atoms with Crippen molar-refractivity contribution < 1.29 is 9.90 Å². The molecule has 0 aliphatic carbocycles. The van der Waals surface area contributed by atoms with Crippen LogP contribution in [-0.2, 0) is 31.9 Å². The second-order valence-electron chi connectivity index (χ2n) is 4.63. The van der Waals surface area contributed by atoms with Gasteiger partial charge in [-0.1, -0.05) is 6.92 Å². The van der Waals surface area contributed by atoms with Crippen LogP contribution >= 0.6 is 0 Å². The number of hydrogen-bond donors (Lipinski definition) is 1. The average Bonchev–Trinajstić information content (AvgIpc) is 2.69. The van der Waals surface area contributed by atoms with Gasteiger partial charge < -0.3 is 9.67 Å². The Morgan fingerprint density at radius 1 is 1.25 bits per heavy atom. The first-order chi connectivity index (χ1) is 9.38. The van der Waals surface area contributed by atoms with Gasteiger partial charge in [-0.3, -0.25) is 18.7 Å². The van der Waals surface area contributed by atoms with Crippen molar-refractivity contribution >= 4 is 17.1 Å². The van der Waals surface area contributed by atoms with Gasteiger partial charge >= 0.3 is 11.7 Å². The molecule has 0 aliphatic rings. The molecule has 2 rings (SSSR count). The van der Waals surface area contributed by atoms with Gasteiger partial charge in [0.25, 0.3) is 5.56 Å². The van der Waals surface area contributed by atoms with E-state index in [-0.39, 0.29) is 23.4 Å². The molecule has 20 heavy (non-hydrogen) atoms. The van der Waals surface area contributed by atoms with E-state index in [1.54, 1.807) is 7.05 Å². The molecule has 8 nitrogen and oxygen atoms in total. The molecule has 2 aromatic heterocycles. The lowest BCUT2D eigenvalue weighted by Crippen LogP contribution is -2.38. The number of nitrogens with zero attached hydrogens (tertiary/aromatic N) is 4. The summed E-state index contributed by atoms with van der Waals surface area (Å²) < 4.78 is 3.86. The molecule has 0 atom stereocenters. The first-order valence-electron chi connectivity index (χ1n) is 6.25. The van der Waals surface area contributed by atoms with E-state index in [9.17, 15) is 14.4 Å². The van der Waals surface area contributed by atoms with Gasteiger partial charge in [0.05, 0.1) is 0 Å². The summed E-state index contributed by atoms with van der Waals surface area (Å²) in [7, 11) is 2.98. The Hall–Kier alpha value is -2.38. The highest BCUT2D eigenvalue weighted by Crippen LogP contribution is 2.10. The summed E-state index contributed by atoms with van der Waals surface area (Å²) in [6.45, 7) is 2.33. The quantitative estimate of drug-likeness (QED) is 0.811. The SMILES string of the molecule is CCCn1c(=O)n(C)c(=O)c2c1nc(CC(=O)O)n2C. The lowest BCUT2D eigenvalue weighted by molar-refractivity contribution is -0.136. The fourth-order valence-corrected chi connectivity index (χ4v) is 2.19. The van der Waals surface area contributed by atoms with E-state index in [2.05, 4.69) is 4.98 Å². The number of rotatable bonds is 4. The van der Waals surface area contributed by atoms with Gasteiger partial charge in [-0.05, 0) is 6.42 Å². The number of fused-ring (bicyclic) bond motifs is 1. The molecule has 0 fully saturated rings. The summed E-state index contributed by atoms with van der Waals surface area (Å²) in [5.41, 5.74) is -0.413. The number of hydrogen-bond acceptors (Lipinski definition) is 4. The van der Waals surface area contributed by atoms with Crippen molar-refractivity contribution in [3.63, 3.8) is 0 Å². The van der Waals surface area contributed by atoms with Crippen molar-refractivity contribution in [2.75, 3.05) is 0 Å². The number of imidazole rings is 1. The second-order valence-corrected chi connectivity index (χ2v) is 4.63. The topological polar surface area (TPSA) is 99.1 Å². The van der Waals surface area contributed by atoms with Crippen LogP contribution in [0.2, 0.25) is 0 Å². The normalized spacial score (nSPS) is 11.2. The van der Waals surface area contributed by atoms with E-state index in [0.717, 1.165) is 4.57 Å². The van der Waals surface area contributed by atoms with Crippen LogP contribution in [0.5, 0.6) is 0 Å². The molecule has 0 bridgehead atoms. The Kier molecular flexibility index (Phi) is 3.47. The van der Waals surface area contributed by atoms with Crippen LogP contribution in [0.1, 0.15) is 19.2 Å². The highest BCUT2D eigenvalue weighted by atomic mass is 16.4. The number of carboxylic acids is 1.